The molecule has 0 radical (unpaired) electrons. The first-order valence-corrected chi connectivity index (χ1v) is 9.74. The molecule has 0 bridgehead atoms. The van der Waals surface area contributed by atoms with Crippen molar-refractivity contribution in [2.75, 3.05) is 0 Å². The van der Waals surface area contributed by atoms with Gasteiger partial charge in [-0.25, -0.2) is 18.7 Å². The second-order valence-corrected chi connectivity index (χ2v) is 7.47. The highest BCUT2D eigenvalue weighted by Crippen LogP contribution is 2.19. The molecule has 0 aliphatic rings. The Balaban J connectivity index is 1.46. The Kier molecular flexibility index (Phi) is 4.59. The zero-order valence-electron chi connectivity index (χ0n) is 16.3. The normalized spacial score (nSPS) is 11.3. The molecule has 0 unspecified atom stereocenters. The maximum absolute atomic E-state index is 13.4. The Bertz CT molecular complexity index is 1470. The number of benzene rings is 2. The van der Waals surface area contributed by atoms with Crippen LogP contribution in [-0.2, 0) is 6.54 Å². The molecule has 2 aromatic carbocycles. The third kappa shape index (κ3) is 3.49. The molecule has 0 aliphatic carbocycles. The lowest BCUT2D eigenvalue weighted by Crippen LogP contribution is -2.21. The minimum absolute atomic E-state index is 0.00832. The van der Waals surface area contributed by atoms with E-state index in [0.717, 1.165) is 11.3 Å². The minimum atomic E-state index is -0.511. The monoisotopic (exact) mass is 435 g/mol. The molecule has 8 nitrogen and oxygen atoms in total. The van der Waals surface area contributed by atoms with Crippen molar-refractivity contribution in [2.45, 2.75) is 13.5 Å². The standard InChI is InChI=1S/C21H15ClFN7O/c1-13-2-4-15(5-3-13)30-20-17(9-25-30)21(31)28(12-24-20)10-14-11-29(27-26-14)16-6-7-19(23)18(22)8-16/h2-9,11-12H,10H2,1H3. The maximum Gasteiger partial charge on any atom is 0.264 e. The van der Waals surface area contributed by atoms with Crippen LogP contribution >= 0.6 is 11.6 Å². The van der Waals surface area contributed by atoms with E-state index in [9.17, 15) is 9.18 Å². The molecule has 0 saturated carbocycles. The smallest absolute Gasteiger partial charge is 0.264 e. The maximum atomic E-state index is 13.4. The first kappa shape index (κ1) is 19.1. The molecule has 0 fully saturated rings. The van der Waals surface area contributed by atoms with E-state index in [4.69, 9.17) is 11.6 Å². The highest BCUT2D eigenvalue weighted by molar-refractivity contribution is 6.30. The minimum Gasteiger partial charge on any atom is -0.292 e. The molecular formula is C21H15ClFN7O. The molecule has 0 amide bonds. The van der Waals surface area contributed by atoms with E-state index < -0.39 is 5.82 Å². The largest absolute Gasteiger partial charge is 0.292 e. The van der Waals surface area contributed by atoms with Gasteiger partial charge in [-0.1, -0.05) is 34.5 Å². The van der Waals surface area contributed by atoms with Gasteiger partial charge in [-0.15, -0.1) is 5.10 Å². The van der Waals surface area contributed by atoms with E-state index in [-0.39, 0.29) is 17.1 Å². The third-order valence-corrected chi connectivity index (χ3v) is 5.16. The van der Waals surface area contributed by atoms with Gasteiger partial charge in [0.15, 0.2) is 5.65 Å². The van der Waals surface area contributed by atoms with Gasteiger partial charge < -0.3 is 0 Å². The zero-order valence-corrected chi connectivity index (χ0v) is 17.0. The Labute approximate surface area is 180 Å². The van der Waals surface area contributed by atoms with Crippen molar-refractivity contribution in [3.63, 3.8) is 0 Å². The van der Waals surface area contributed by atoms with Crippen LogP contribution in [0.2, 0.25) is 5.02 Å². The van der Waals surface area contributed by atoms with Crippen LogP contribution in [0.15, 0.2) is 66.0 Å². The van der Waals surface area contributed by atoms with Gasteiger partial charge in [-0.2, -0.15) is 5.10 Å². The first-order valence-electron chi connectivity index (χ1n) is 9.36. The Hall–Kier alpha value is -3.85. The molecule has 0 aliphatic heterocycles. The van der Waals surface area contributed by atoms with Gasteiger partial charge in [0.25, 0.3) is 5.56 Å². The molecule has 0 saturated heterocycles. The fourth-order valence-corrected chi connectivity index (χ4v) is 3.41. The van der Waals surface area contributed by atoms with Gasteiger partial charge in [-0.3, -0.25) is 9.36 Å². The predicted octanol–water partition coefficient (Wildman–Crippen LogP) is 3.31. The molecule has 0 spiro atoms. The van der Waals surface area contributed by atoms with Crippen LogP contribution in [0.4, 0.5) is 4.39 Å². The topological polar surface area (TPSA) is 83.4 Å². The summed E-state index contributed by atoms with van der Waals surface area (Å²) in [6.45, 7) is 2.18. The van der Waals surface area contributed by atoms with Crippen molar-refractivity contribution < 1.29 is 4.39 Å². The van der Waals surface area contributed by atoms with Crippen molar-refractivity contribution in [2.24, 2.45) is 0 Å². The number of fused-ring (bicyclic) bond motifs is 1. The van der Waals surface area contributed by atoms with Crippen LogP contribution in [0.3, 0.4) is 0 Å². The fraction of sp³-hybridized carbons (Fsp3) is 0.0952. The molecule has 3 aromatic heterocycles. The lowest BCUT2D eigenvalue weighted by atomic mass is 10.2. The second kappa shape index (κ2) is 7.44. The summed E-state index contributed by atoms with van der Waals surface area (Å²) >= 11 is 5.83. The summed E-state index contributed by atoms with van der Waals surface area (Å²) in [5.74, 6) is -0.511. The summed E-state index contributed by atoms with van der Waals surface area (Å²) in [7, 11) is 0. The van der Waals surface area contributed by atoms with Gasteiger partial charge in [0.2, 0.25) is 0 Å². The summed E-state index contributed by atoms with van der Waals surface area (Å²) in [6, 6.07) is 12.0. The van der Waals surface area contributed by atoms with Crippen molar-refractivity contribution in [3.8, 4) is 11.4 Å². The van der Waals surface area contributed by atoms with E-state index in [2.05, 4.69) is 20.4 Å². The molecule has 5 aromatic rings. The lowest BCUT2D eigenvalue weighted by molar-refractivity contribution is 0.627. The van der Waals surface area contributed by atoms with Crippen LogP contribution < -0.4 is 5.56 Å². The first-order chi connectivity index (χ1) is 15.0. The average Bonchev–Trinajstić information content (AvgIpc) is 3.40. The molecular weight excluding hydrogens is 421 g/mol. The molecule has 154 valence electrons. The molecule has 0 atom stereocenters. The molecule has 5 rings (SSSR count). The van der Waals surface area contributed by atoms with Gasteiger partial charge in [0, 0.05) is 0 Å². The molecule has 0 N–H and O–H groups in total. The van der Waals surface area contributed by atoms with E-state index in [0.29, 0.717) is 22.4 Å². The van der Waals surface area contributed by atoms with Crippen LogP contribution in [0.5, 0.6) is 0 Å². The van der Waals surface area contributed by atoms with Gasteiger partial charge in [-0.05, 0) is 37.3 Å². The molecule has 10 heteroatoms. The van der Waals surface area contributed by atoms with Crippen molar-refractivity contribution in [1.82, 2.24) is 34.3 Å². The van der Waals surface area contributed by atoms with E-state index >= 15 is 0 Å². The fourth-order valence-electron chi connectivity index (χ4n) is 3.24. The summed E-state index contributed by atoms with van der Waals surface area (Å²) < 4.78 is 17.9. The summed E-state index contributed by atoms with van der Waals surface area (Å²) in [5.41, 5.74) is 3.30. The third-order valence-electron chi connectivity index (χ3n) is 4.87. The number of halogens is 2. The van der Waals surface area contributed by atoms with Gasteiger partial charge >= 0.3 is 0 Å². The van der Waals surface area contributed by atoms with E-state index in [1.807, 2.05) is 31.2 Å². The number of aromatic nitrogens is 7. The number of nitrogens with zero attached hydrogens (tertiary/aromatic N) is 7. The SMILES string of the molecule is Cc1ccc(-n2ncc3c(=O)n(Cc4cn(-c5ccc(F)c(Cl)c5)nn4)cnc32)cc1. The van der Waals surface area contributed by atoms with Gasteiger partial charge in [0.1, 0.15) is 23.2 Å². The van der Waals surface area contributed by atoms with Crippen LogP contribution in [0.1, 0.15) is 11.3 Å². The highest BCUT2D eigenvalue weighted by atomic mass is 35.5. The van der Waals surface area contributed by atoms with Crippen molar-refractivity contribution in [1.29, 1.82) is 0 Å². The van der Waals surface area contributed by atoms with Crippen LogP contribution in [0.25, 0.3) is 22.4 Å². The number of rotatable bonds is 4. The highest BCUT2D eigenvalue weighted by Gasteiger charge is 2.13. The number of hydrogen-bond donors (Lipinski definition) is 0. The number of aryl methyl sites for hydroxylation is 1. The van der Waals surface area contributed by atoms with E-state index in [1.54, 1.807) is 16.9 Å². The summed E-state index contributed by atoms with van der Waals surface area (Å²) in [5, 5.41) is 12.8. The average molecular weight is 436 g/mol. The van der Waals surface area contributed by atoms with Gasteiger partial charge in [0.05, 0.1) is 35.3 Å². The van der Waals surface area contributed by atoms with Crippen LogP contribution in [-0.4, -0.2) is 34.3 Å². The summed E-state index contributed by atoms with van der Waals surface area (Å²) in [6.07, 6.45) is 4.62. The van der Waals surface area contributed by atoms with Crippen molar-refractivity contribution in [3.05, 3.63) is 93.6 Å². The Morgan fingerprint density at radius 3 is 2.65 bits per heavy atom. The van der Waals surface area contributed by atoms with Crippen molar-refractivity contribution >= 4 is 22.6 Å². The second-order valence-electron chi connectivity index (χ2n) is 7.06. The Morgan fingerprint density at radius 2 is 1.87 bits per heavy atom. The zero-order chi connectivity index (χ0) is 21.5. The quantitative estimate of drug-likeness (QED) is 0.432. The Morgan fingerprint density at radius 1 is 1.10 bits per heavy atom. The lowest BCUT2D eigenvalue weighted by Gasteiger charge is -2.05. The van der Waals surface area contributed by atoms with E-state index in [1.165, 1.54) is 33.9 Å². The molecule has 31 heavy (non-hydrogen) atoms. The predicted molar refractivity (Wildman–Crippen MR) is 113 cm³/mol. The summed E-state index contributed by atoms with van der Waals surface area (Å²) in [4.78, 5) is 17.4. The molecule has 3 heterocycles. The van der Waals surface area contributed by atoms with Crippen LogP contribution in [0, 0.1) is 12.7 Å². The number of hydrogen-bond acceptors (Lipinski definition) is 5.